The summed E-state index contributed by atoms with van der Waals surface area (Å²) in [5, 5.41) is 0. The van der Waals surface area contributed by atoms with E-state index in [1.54, 1.807) is 13.8 Å². The minimum absolute atomic E-state index is 0.0557. The van der Waals surface area contributed by atoms with Gasteiger partial charge in [0.15, 0.2) is 6.10 Å². The van der Waals surface area contributed by atoms with E-state index in [4.69, 9.17) is 14.3 Å². The highest BCUT2D eigenvalue weighted by atomic mass is 32.2. The summed E-state index contributed by atoms with van der Waals surface area (Å²) < 4.78 is 35.3. The fourth-order valence-electron chi connectivity index (χ4n) is 2.92. The zero-order valence-corrected chi connectivity index (χ0v) is 18.8. The van der Waals surface area contributed by atoms with Crippen LogP contribution < -0.4 is 0 Å². The van der Waals surface area contributed by atoms with Gasteiger partial charge in [0.2, 0.25) is 5.78 Å². The van der Waals surface area contributed by atoms with Gasteiger partial charge in [-0.15, -0.1) is 0 Å². The van der Waals surface area contributed by atoms with Crippen molar-refractivity contribution in [2.75, 3.05) is 21.3 Å². The van der Waals surface area contributed by atoms with Crippen molar-refractivity contribution in [3.63, 3.8) is 0 Å². The molecule has 0 aliphatic heterocycles. The molecule has 0 spiro atoms. The van der Waals surface area contributed by atoms with Crippen LogP contribution in [0.25, 0.3) is 0 Å². The number of rotatable bonds is 8. The molecule has 11 heteroatoms. The Morgan fingerprint density at radius 1 is 1.10 bits per heavy atom. The van der Waals surface area contributed by atoms with E-state index in [0.29, 0.717) is 15.7 Å². The average Bonchev–Trinajstić information content (AvgIpc) is 3.05. The van der Waals surface area contributed by atoms with E-state index >= 15 is 0 Å². The zero-order chi connectivity index (χ0) is 23.5. The predicted molar refractivity (Wildman–Crippen MR) is 109 cm³/mol. The van der Waals surface area contributed by atoms with Crippen molar-refractivity contribution >= 4 is 27.7 Å². The number of methoxy groups -OCH3 is 1. The normalized spacial score (nSPS) is 12.5. The van der Waals surface area contributed by atoms with Gasteiger partial charge in [-0.3, -0.25) is 9.63 Å². The molecular formula is C20H24N2O8S. The molecule has 1 heterocycles. The van der Waals surface area contributed by atoms with Crippen LogP contribution in [0.1, 0.15) is 49.4 Å². The van der Waals surface area contributed by atoms with Gasteiger partial charge in [0.1, 0.15) is 0 Å². The summed E-state index contributed by atoms with van der Waals surface area (Å²) in [5.41, 5.74) is 1.14. The molecule has 0 radical (unpaired) electrons. The molecule has 0 aliphatic carbocycles. The van der Waals surface area contributed by atoms with E-state index in [1.165, 1.54) is 46.4 Å². The van der Waals surface area contributed by atoms with Crippen molar-refractivity contribution in [2.45, 2.75) is 31.8 Å². The number of nitrogens with one attached hydrogen (secondary N) is 1. The lowest BCUT2D eigenvalue weighted by molar-refractivity contribution is -0.0258. The van der Waals surface area contributed by atoms with E-state index in [9.17, 15) is 22.8 Å². The van der Waals surface area contributed by atoms with Crippen LogP contribution in [0.5, 0.6) is 0 Å². The number of esters is 2. The molecule has 0 aliphatic rings. The number of ether oxygens (including phenoxy) is 2. The number of carbonyl (C=O) groups is 3. The van der Waals surface area contributed by atoms with Gasteiger partial charge in [0, 0.05) is 12.7 Å². The molecule has 0 amide bonds. The monoisotopic (exact) mass is 452 g/mol. The molecule has 31 heavy (non-hydrogen) atoms. The van der Waals surface area contributed by atoms with Crippen LogP contribution in [-0.2, 0) is 24.3 Å². The highest BCUT2D eigenvalue weighted by Gasteiger charge is 2.28. The summed E-state index contributed by atoms with van der Waals surface area (Å²) in [6.45, 7) is 4.58. The molecule has 2 aromatic rings. The Balaban J connectivity index is 2.25. The Bertz CT molecular complexity index is 1120. The van der Waals surface area contributed by atoms with Crippen molar-refractivity contribution < 1.29 is 37.1 Å². The second-order valence-corrected chi connectivity index (χ2v) is 8.59. The van der Waals surface area contributed by atoms with Crippen LogP contribution >= 0.6 is 0 Å². The number of aryl methyl sites for hydroxylation is 1. The summed E-state index contributed by atoms with van der Waals surface area (Å²) in [5.74, 6) is -2.02. The van der Waals surface area contributed by atoms with E-state index in [1.807, 2.05) is 0 Å². The number of hydroxylamine groups is 1. The molecule has 2 rings (SSSR count). The van der Waals surface area contributed by atoms with Gasteiger partial charge in [-0.1, -0.05) is 10.5 Å². The number of sulfonamides is 1. The summed E-state index contributed by atoms with van der Waals surface area (Å²) in [6, 6.07) is 5.17. The van der Waals surface area contributed by atoms with Crippen LogP contribution in [0.4, 0.5) is 0 Å². The lowest BCUT2D eigenvalue weighted by Gasteiger charge is -2.15. The quantitative estimate of drug-likeness (QED) is 0.366. The molecule has 0 saturated heterocycles. The molecule has 1 atom stereocenters. The summed E-state index contributed by atoms with van der Waals surface area (Å²) in [4.78, 5) is 44.6. The summed E-state index contributed by atoms with van der Waals surface area (Å²) in [7, 11) is -0.323. The first-order valence-electron chi connectivity index (χ1n) is 9.11. The van der Waals surface area contributed by atoms with E-state index in [2.05, 4.69) is 4.98 Å². The largest absolute Gasteiger partial charge is 0.465 e. The Labute approximate surface area is 180 Å². The maximum atomic E-state index is 12.8. The third kappa shape index (κ3) is 4.84. The van der Waals surface area contributed by atoms with Crippen molar-refractivity contribution in [2.24, 2.45) is 0 Å². The summed E-state index contributed by atoms with van der Waals surface area (Å²) >= 11 is 0. The molecule has 1 N–H and O–H groups in total. The number of Topliss-reactive ketones (excluding diaryl/α,β-unsaturated/α-hetero) is 1. The third-order valence-corrected chi connectivity index (χ3v) is 6.37. The Kier molecular flexibility index (Phi) is 7.37. The summed E-state index contributed by atoms with van der Waals surface area (Å²) in [6.07, 6.45) is -1.20. The van der Waals surface area contributed by atoms with Crippen LogP contribution in [0.15, 0.2) is 29.2 Å². The number of aromatic amines is 1. The number of hydrogen-bond donors (Lipinski definition) is 1. The Morgan fingerprint density at radius 3 is 2.32 bits per heavy atom. The van der Waals surface area contributed by atoms with Crippen LogP contribution in [0.2, 0.25) is 0 Å². The van der Waals surface area contributed by atoms with Gasteiger partial charge in [0.25, 0.3) is 10.0 Å². The first-order chi connectivity index (χ1) is 14.4. The highest BCUT2D eigenvalue weighted by Crippen LogP contribution is 2.22. The Hall–Kier alpha value is -3.02. The SMILES string of the molecule is COC(=O)c1c(C)[nH]c(C(=O)C(C)OC(=O)c2cccc(S(=O)(=O)N(C)OC)c2)c1C. The van der Waals surface area contributed by atoms with Crippen LogP contribution in [0, 0.1) is 13.8 Å². The molecule has 0 bridgehead atoms. The zero-order valence-electron chi connectivity index (χ0n) is 18.0. The molecule has 168 valence electrons. The second kappa shape index (κ2) is 9.41. The van der Waals surface area contributed by atoms with Crippen molar-refractivity contribution in [3.8, 4) is 0 Å². The van der Waals surface area contributed by atoms with Crippen molar-refractivity contribution in [1.82, 2.24) is 9.45 Å². The lowest BCUT2D eigenvalue weighted by Crippen LogP contribution is -2.27. The maximum absolute atomic E-state index is 12.8. The first kappa shape index (κ1) is 24.3. The van der Waals surface area contributed by atoms with E-state index in [0.717, 1.165) is 6.07 Å². The average molecular weight is 452 g/mol. The van der Waals surface area contributed by atoms with Crippen LogP contribution in [-0.4, -0.2) is 63.0 Å². The fourth-order valence-corrected chi connectivity index (χ4v) is 3.94. The van der Waals surface area contributed by atoms with Gasteiger partial charge in [0.05, 0.1) is 35.9 Å². The number of aromatic nitrogens is 1. The van der Waals surface area contributed by atoms with E-state index < -0.39 is 33.8 Å². The first-order valence-corrected chi connectivity index (χ1v) is 10.6. The number of ketones is 1. The van der Waals surface area contributed by atoms with Crippen LogP contribution in [0.3, 0.4) is 0 Å². The fraction of sp³-hybridized carbons (Fsp3) is 0.350. The second-order valence-electron chi connectivity index (χ2n) is 6.65. The minimum atomic E-state index is -3.96. The topological polar surface area (TPSA) is 132 Å². The van der Waals surface area contributed by atoms with Gasteiger partial charge in [-0.25, -0.2) is 18.0 Å². The molecule has 1 unspecified atom stereocenters. The lowest BCUT2D eigenvalue weighted by atomic mass is 10.1. The van der Waals surface area contributed by atoms with Gasteiger partial charge >= 0.3 is 11.9 Å². The number of nitrogens with zero attached hydrogens (tertiary/aromatic N) is 1. The molecule has 1 aromatic heterocycles. The number of carbonyl (C=O) groups excluding carboxylic acids is 3. The molecule has 10 nitrogen and oxygen atoms in total. The minimum Gasteiger partial charge on any atom is -0.465 e. The van der Waals surface area contributed by atoms with Crippen molar-refractivity contribution in [1.29, 1.82) is 0 Å². The number of benzene rings is 1. The predicted octanol–water partition coefficient (Wildman–Crippen LogP) is 2.03. The van der Waals surface area contributed by atoms with Gasteiger partial charge in [-0.2, -0.15) is 0 Å². The Morgan fingerprint density at radius 2 is 1.74 bits per heavy atom. The number of hydrogen-bond acceptors (Lipinski definition) is 8. The maximum Gasteiger partial charge on any atom is 0.339 e. The molecular weight excluding hydrogens is 428 g/mol. The highest BCUT2D eigenvalue weighted by molar-refractivity contribution is 7.89. The van der Waals surface area contributed by atoms with Gasteiger partial charge < -0.3 is 14.5 Å². The standard InChI is InChI=1S/C20H24N2O8S/c1-11-16(20(25)28-5)12(2)21-17(11)18(23)13(3)30-19(24)14-8-7-9-15(10-14)31(26,27)22(4)29-6/h7-10,13,21H,1-6H3. The molecule has 0 fully saturated rings. The smallest absolute Gasteiger partial charge is 0.339 e. The van der Waals surface area contributed by atoms with E-state index in [-0.39, 0.29) is 21.7 Å². The number of H-pyrrole nitrogens is 1. The molecule has 1 aromatic carbocycles. The van der Waals surface area contributed by atoms with Gasteiger partial charge in [-0.05, 0) is 44.5 Å². The third-order valence-electron chi connectivity index (χ3n) is 4.69. The van der Waals surface area contributed by atoms with Crippen molar-refractivity contribution in [3.05, 3.63) is 52.3 Å². The molecule has 0 saturated carbocycles.